The Morgan fingerprint density at radius 3 is 1.17 bits per heavy atom. The van der Waals surface area contributed by atoms with Gasteiger partial charge in [-0.05, 0) is 112 Å². The molecule has 0 unspecified atom stereocenters. The van der Waals surface area contributed by atoms with Crippen molar-refractivity contribution in [1.82, 2.24) is 10.1 Å². The number of nitrogens with zero attached hydrogens (tertiary/aromatic N) is 2. The Balaban J connectivity index is 2.29. The molecule has 0 saturated carbocycles. The summed E-state index contributed by atoms with van der Waals surface area (Å²) < 4.78 is 0. The van der Waals surface area contributed by atoms with Crippen LogP contribution in [0.25, 0.3) is 0 Å². The number of hydrogen-bond acceptors (Lipinski definition) is 8. The average Bonchev–Trinajstić information content (AvgIpc) is 2.91. The lowest BCUT2D eigenvalue weighted by Crippen LogP contribution is -2.68. The van der Waals surface area contributed by atoms with Crippen molar-refractivity contribution < 1.29 is 29.5 Å². The summed E-state index contributed by atoms with van der Waals surface area (Å²) in [4.78, 5) is 38.8. The highest BCUT2D eigenvalue weighted by atomic mass is 16.7. The predicted octanol–water partition coefficient (Wildman–Crippen LogP) is 6.99. The van der Waals surface area contributed by atoms with Crippen LogP contribution in [0.15, 0.2) is 0 Å². The molecule has 0 aromatic carbocycles. The van der Waals surface area contributed by atoms with Gasteiger partial charge in [0.15, 0.2) is 0 Å². The van der Waals surface area contributed by atoms with Crippen molar-refractivity contribution in [2.24, 2.45) is 17.3 Å². The van der Waals surface area contributed by atoms with Gasteiger partial charge in [-0.3, -0.25) is 9.68 Å². The first kappa shape index (κ1) is 41.0. The fraction of sp³-hybridized carbons (Fsp3) is 0.947. The Hall–Kier alpha value is -1.22. The molecule has 0 radical (unpaired) electrons. The first-order chi connectivity index (χ1) is 21.4. The fourth-order valence-electron chi connectivity index (χ4n) is 9.30. The van der Waals surface area contributed by atoms with Gasteiger partial charge in [-0.25, -0.2) is 0 Å². The van der Waals surface area contributed by atoms with E-state index in [9.17, 15) is 19.8 Å². The molecule has 0 aromatic heterocycles. The number of carbonyl (C=O) groups excluding carboxylic acids is 2. The zero-order valence-electron chi connectivity index (χ0n) is 31.4. The van der Waals surface area contributed by atoms with Crippen molar-refractivity contribution in [2.75, 3.05) is 13.2 Å². The van der Waals surface area contributed by atoms with E-state index in [0.717, 1.165) is 25.7 Å². The van der Waals surface area contributed by atoms with Crippen LogP contribution < -0.4 is 10.2 Å². The number of rotatable bonds is 21. The topological polar surface area (TPSA) is 105 Å². The van der Waals surface area contributed by atoms with E-state index >= 15 is 0 Å². The highest BCUT2D eigenvalue weighted by Gasteiger charge is 2.59. The molecule has 8 heteroatoms. The van der Waals surface area contributed by atoms with E-state index in [0.29, 0.717) is 38.9 Å². The lowest BCUT2D eigenvalue weighted by atomic mass is 9.53. The molecule has 0 spiro atoms. The quantitative estimate of drug-likeness (QED) is 0.123. The van der Waals surface area contributed by atoms with Crippen LogP contribution in [0, 0.1) is 17.3 Å². The van der Waals surface area contributed by atoms with Crippen LogP contribution in [-0.2, 0) is 19.3 Å². The average molecular weight is 651 g/mol. The summed E-state index contributed by atoms with van der Waals surface area (Å²) in [5, 5.41) is 30.1. The van der Waals surface area contributed by atoms with Crippen LogP contribution in [-0.4, -0.2) is 57.4 Å². The van der Waals surface area contributed by atoms with E-state index in [4.69, 9.17) is 9.68 Å². The van der Waals surface area contributed by atoms with Crippen LogP contribution in [0.3, 0.4) is 0 Å². The molecule has 2 saturated heterocycles. The normalized spacial score (nSPS) is 22.2. The highest BCUT2D eigenvalue weighted by Crippen LogP contribution is 2.57. The van der Waals surface area contributed by atoms with Gasteiger partial charge in [0.2, 0.25) is 0 Å². The molecule has 2 aliphatic rings. The molecular weight excluding hydrogens is 580 g/mol. The number of unbranched alkanes of at least 4 members (excludes halogenated alkanes) is 10. The molecule has 8 nitrogen and oxygen atoms in total. The van der Waals surface area contributed by atoms with Gasteiger partial charge in [-0.1, -0.05) is 78.1 Å². The van der Waals surface area contributed by atoms with Crippen molar-refractivity contribution >= 4 is 11.9 Å². The Morgan fingerprint density at radius 1 is 0.587 bits per heavy atom. The number of aliphatic carboxylic acids is 2. The third kappa shape index (κ3) is 10.6. The number of carbonyl (C=O) groups is 2. The van der Waals surface area contributed by atoms with Gasteiger partial charge in [0, 0.05) is 39.5 Å². The van der Waals surface area contributed by atoms with Crippen molar-refractivity contribution in [2.45, 2.75) is 201 Å². The van der Waals surface area contributed by atoms with Crippen LogP contribution in [0.2, 0.25) is 0 Å². The number of carboxylic acids is 2. The molecule has 0 aromatic rings. The SMILES string of the molecule is CCCCCCCCON1C(C)(C)CC(C(CC(=O)[O-])(C(=O)[O-])C2CC(C)(C)N(OCCCCCCCC)C(C)(C)C2)CC1(C)C. The fourth-order valence-corrected chi connectivity index (χ4v) is 9.30. The Bertz CT molecular complexity index is 851. The maximum absolute atomic E-state index is 13.5. The van der Waals surface area contributed by atoms with Gasteiger partial charge < -0.3 is 19.8 Å². The van der Waals surface area contributed by atoms with Gasteiger partial charge in [0.05, 0.1) is 13.2 Å². The molecular formula is C38H70N2O6-2. The smallest absolute Gasteiger partial charge is 0.0685 e. The maximum atomic E-state index is 13.5. The van der Waals surface area contributed by atoms with Crippen molar-refractivity contribution in [3.05, 3.63) is 0 Å². The summed E-state index contributed by atoms with van der Waals surface area (Å²) in [6.45, 7) is 22.4. The molecule has 0 amide bonds. The number of hydrogen-bond donors (Lipinski definition) is 0. The molecule has 2 fully saturated rings. The van der Waals surface area contributed by atoms with E-state index in [1.807, 2.05) is 0 Å². The Labute approximate surface area is 282 Å². The van der Waals surface area contributed by atoms with Gasteiger partial charge in [0.25, 0.3) is 0 Å². The summed E-state index contributed by atoms with van der Waals surface area (Å²) in [7, 11) is 0. The second-order valence-electron chi connectivity index (χ2n) is 17.1. The van der Waals surface area contributed by atoms with Crippen molar-refractivity contribution in [3.63, 3.8) is 0 Å². The summed E-state index contributed by atoms with van der Waals surface area (Å²) in [5.41, 5.74) is -3.61. The van der Waals surface area contributed by atoms with Gasteiger partial charge in [0.1, 0.15) is 0 Å². The second kappa shape index (κ2) is 17.4. The molecule has 46 heavy (non-hydrogen) atoms. The van der Waals surface area contributed by atoms with Gasteiger partial charge in [-0.2, -0.15) is 10.1 Å². The number of carboxylic acid groups (broad SMARTS) is 2. The van der Waals surface area contributed by atoms with Crippen molar-refractivity contribution in [3.8, 4) is 0 Å². The minimum Gasteiger partial charge on any atom is -0.550 e. The van der Waals surface area contributed by atoms with E-state index in [1.54, 1.807) is 0 Å². The number of hydroxylamine groups is 4. The van der Waals surface area contributed by atoms with Crippen LogP contribution in [0.1, 0.15) is 178 Å². The van der Waals surface area contributed by atoms with E-state index in [2.05, 4.69) is 79.4 Å². The molecule has 0 atom stereocenters. The van der Waals surface area contributed by atoms with Crippen molar-refractivity contribution in [1.29, 1.82) is 0 Å². The molecule has 2 heterocycles. The first-order valence-electron chi connectivity index (χ1n) is 18.6. The van der Waals surface area contributed by atoms with Gasteiger partial charge in [-0.15, -0.1) is 0 Å². The third-order valence-corrected chi connectivity index (χ3v) is 10.9. The Morgan fingerprint density at radius 2 is 0.891 bits per heavy atom. The highest BCUT2D eigenvalue weighted by molar-refractivity contribution is 5.80. The molecule has 0 bridgehead atoms. The minimum atomic E-state index is -1.58. The van der Waals surface area contributed by atoms with E-state index < -0.39 is 57.8 Å². The lowest BCUT2D eigenvalue weighted by Gasteiger charge is -2.63. The Kier molecular flexibility index (Phi) is 15.5. The second-order valence-corrected chi connectivity index (χ2v) is 17.1. The summed E-state index contributed by atoms with van der Waals surface area (Å²) >= 11 is 0. The molecule has 0 aliphatic carbocycles. The van der Waals surface area contributed by atoms with Gasteiger partial charge >= 0.3 is 0 Å². The predicted molar refractivity (Wildman–Crippen MR) is 181 cm³/mol. The molecule has 2 rings (SSSR count). The molecule has 270 valence electrons. The first-order valence-corrected chi connectivity index (χ1v) is 18.6. The lowest BCUT2D eigenvalue weighted by molar-refractivity contribution is -0.349. The maximum Gasteiger partial charge on any atom is 0.0685 e. The third-order valence-electron chi connectivity index (χ3n) is 10.9. The summed E-state index contributed by atoms with van der Waals surface area (Å²) in [5.74, 6) is -3.46. The number of piperidine rings is 2. The van der Waals surface area contributed by atoms with Crippen LogP contribution in [0.5, 0.6) is 0 Å². The molecule has 2 aliphatic heterocycles. The van der Waals surface area contributed by atoms with E-state index in [1.165, 1.54) is 51.4 Å². The van der Waals surface area contributed by atoms with Crippen LogP contribution >= 0.6 is 0 Å². The van der Waals surface area contributed by atoms with E-state index in [-0.39, 0.29) is 0 Å². The zero-order valence-corrected chi connectivity index (χ0v) is 31.4. The summed E-state index contributed by atoms with van der Waals surface area (Å²) in [6.07, 6.45) is 15.5. The minimum absolute atomic E-state index is 0.429. The zero-order chi connectivity index (χ0) is 34.8. The largest absolute Gasteiger partial charge is 0.550 e. The standard InChI is InChI=1S/C38H72N2O6/c1-11-13-15-17-19-21-23-45-39-34(3,4)25-30(26-35(39,5)6)38(33(43)44,29-32(41)42)31-27-36(7,8)40(37(9,10)28-31)46-24-22-20-18-16-14-12-2/h30-31H,11-29H2,1-10H3,(H,41,42)(H,43,44)/p-2. The molecule has 0 N–H and O–H groups in total. The summed E-state index contributed by atoms with van der Waals surface area (Å²) in [6, 6.07) is 0. The monoisotopic (exact) mass is 651 g/mol. The van der Waals surface area contributed by atoms with Crippen LogP contribution in [0.4, 0.5) is 0 Å².